The number of fused-ring (bicyclic) bond motifs is 1. The topological polar surface area (TPSA) is 169 Å². The van der Waals surface area contributed by atoms with Gasteiger partial charge >= 0.3 is 0 Å². The van der Waals surface area contributed by atoms with Crippen LogP contribution in [0.5, 0.6) is 5.75 Å². The molecule has 17 heteroatoms. The zero-order valence-corrected chi connectivity index (χ0v) is 27.9. The summed E-state index contributed by atoms with van der Waals surface area (Å²) in [6.45, 7) is 3.89. The zero-order chi connectivity index (χ0) is 35.9. The number of aryl methyl sites for hydroxylation is 1. The van der Waals surface area contributed by atoms with Gasteiger partial charge in [0.25, 0.3) is 11.5 Å². The molecule has 0 bridgehead atoms. The molecule has 0 radical (unpaired) electrons. The third-order valence-corrected chi connectivity index (χ3v) is 8.62. The molecule has 6 rings (SSSR count). The number of piperazine rings is 1. The van der Waals surface area contributed by atoms with E-state index in [9.17, 15) is 23.9 Å². The average molecular weight is 705 g/mol. The molecule has 1 aromatic carbocycles. The number of aromatic hydroxyl groups is 1. The van der Waals surface area contributed by atoms with Crippen molar-refractivity contribution in [2.24, 2.45) is 12.8 Å². The smallest absolute Gasteiger partial charge is 0.264 e. The molecule has 5 heterocycles. The number of anilines is 2. The molecule has 0 spiro atoms. The molecule has 5 aromatic rings. The van der Waals surface area contributed by atoms with Crippen LogP contribution in [0.3, 0.4) is 0 Å². The number of benzene rings is 1. The van der Waals surface area contributed by atoms with Crippen LogP contribution in [0.25, 0.3) is 22.2 Å². The van der Waals surface area contributed by atoms with Crippen molar-refractivity contribution in [3.8, 4) is 28.7 Å². The fraction of sp³-hybridized carbons (Fsp3) is 0.273. The Balaban J connectivity index is 1.39. The van der Waals surface area contributed by atoms with Gasteiger partial charge in [0.2, 0.25) is 11.7 Å². The summed E-state index contributed by atoms with van der Waals surface area (Å²) in [7, 11) is 3.77. The van der Waals surface area contributed by atoms with E-state index in [1.54, 1.807) is 30.2 Å². The Labute approximate surface area is 288 Å². The number of amides is 2. The maximum atomic E-state index is 15.4. The summed E-state index contributed by atoms with van der Waals surface area (Å²) in [6, 6.07) is 2.67. The van der Waals surface area contributed by atoms with Crippen molar-refractivity contribution in [3.05, 3.63) is 81.4 Å². The molecule has 14 nitrogen and oxygen atoms in total. The lowest BCUT2D eigenvalue weighted by Gasteiger charge is -2.39. The molecule has 4 aromatic heterocycles. The molecule has 4 N–H and O–H groups in total. The van der Waals surface area contributed by atoms with E-state index < -0.39 is 52.4 Å². The highest BCUT2D eigenvalue weighted by Gasteiger charge is 2.27. The Hall–Kier alpha value is -5.79. The highest BCUT2D eigenvalue weighted by Crippen LogP contribution is 2.36. The van der Waals surface area contributed by atoms with Gasteiger partial charge in [0, 0.05) is 62.3 Å². The summed E-state index contributed by atoms with van der Waals surface area (Å²) < 4.78 is 34.3. The number of aromatic nitrogens is 6. The quantitative estimate of drug-likeness (QED) is 0.216. The van der Waals surface area contributed by atoms with E-state index in [1.165, 1.54) is 23.3 Å². The van der Waals surface area contributed by atoms with Gasteiger partial charge in [0.15, 0.2) is 11.6 Å². The summed E-state index contributed by atoms with van der Waals surface area (Å²) in [4.78, 5) is 52.4. The van der Waals surface area contributed by atoms with Crippen LogP contribution in [-0.2, 0) is 24.9 Å². The van der Waals surface area contributed by atoms with Gasteiger partial charge < -0.3 is 30.5 Å². The van der Waals surface area contributed by atoms with Crippen molar-refractivity contribution in [1.82, 2.24) is 33.8 Å². The maximum absolute atomic E-state index is 15.4. The number of hydrogen-bond donors (Lipinski definition) is 3. The Morgan fingerprint density at radius 1 is 1.10 bits per heavy atom. The fourth-order valence-electron chi connectivity index (χ4n) is 5.87. The van der Waals surface area contributed by atoms with Crippen molar-refractivity contribution < 1.29 is 23.5 Å². The summed E-state index contributed by atoms with van der Waals surface area (Å²) in [5.74, 6) is -0.0125. The highest BCUT2D eigenvalue weighted by molar-refractivity contribution is 6.33. The Kier molecular flexibility index (Phi) is 9.28. The summed E-state index contributed by atoms with van der Waals surface area (Å²) in [5, 5.41) is 16.8. The van der Waals surface area contributed by atoms with Crippen LogP contribution in [0, 0.1) is 23.5 Å². The van der Waals surface area contributed by atoms with E-state index in [0.29, 0.717) is 17.1 Å². The molecule has 0 unspecified atom stereocenters. The van der Waals surface area contributed by atoms with Gasteiger partial charge in [0.1, 0.15) is 24.3 Å². The van der Waals surface area contributed by atoms with Gasteiger partial charge in [-0.25, -0.2) is 14.4 Å². The second-order valence-corrected chi connectivity index (χ2v) is 12.3. The molecule has 1 atom stereocenters. The van der Waals surface area contributed by atoms with E-state index in [2.05, 4.69) is 48.9 Å². The van der Waals surface area contributed by atoms with Crippen molar-refractivity contribution in [1.29, 1.82) is 0 Å². The minimum absolute atomic E-state index is 0.0436. The number of phenols is 1. The van der Waals surface area contributed by atoms with Gasteiger partial charge in [-0.3, -0.25) is 23.6 Å². The lowest BCUT2D eigenvalue weighted by molar-refractivity contribution is -0.116. The number of hydrogen-bond acceptors (Lipinski definition) is 9. The van der Waals surface area contributed by atoms with Crippen LogP contribution in [0.2, 0.25) is 5.02 Å². The molecule has 1 aliphatic heterocycles. The number of primary amides is 1. The number of nitrogens with two attached hydrogens (primary N) is 1. The van der Waals surface area contributed by atoms with Crippen molar-refractivity contribution in [2.45, 2.75) is 26.1 Å². The van der Waals surface area contributed by atoms with Gasteiger partial charge in [-0.1, -0.05) is 23.4 Å². The van der Waals surface area contributed by atoms with Crippen LogP contribution in [-0.4, -0.2) is 83.4 Å². The molecular weight excluding hydrogens is 674 g/mol. The second-order valence-electron chi connectivity index (χ2n) is 11.9. The van der Waals surface area contributed by atoms with Crippen LogP contribution in [0.15, 0.2) is 48.0 Å². The minimum Gasteiger partial charge on any atom is -0.504 e. The predicted octanol–water partition coefficient (Wildman–Crippen LogP) is 2.56. The van der Waals surface area contributed by atoms with Crippen LogP contribution >= 0.6 is 11.6 Å². The predicted molar refractivity (Wildman–Crippen MR) is 182 cm³/mol. The van der Waals surface area contributed by atoms with E-state index in [0.717, 1.165) is 30.3 Å². The average Bonchev–Trinajstić information content (AvgIpc) is 3.65. The zero-order valence-electron chi connectivity index (χ0n) is 27.1. The molecule has 1 fully saturated rings. The standard InChI is InChI=1S/C33H31ClF2N10O4/c1-18-13-42(2)7-8-46(18)25-10-24(23(34)12-38-25)41-26(47)16-45-15-22(20-9-21(31(37)49)30(48)29(36)28(20)35)27-32(45)39-17-44(33(27)50)6-4-5-19-11-40-43(3)14-19/h9-12,14-15,17-18,48H,6-8,13,16H2,1-3H3,(H2,37,49)(H,38,41,47)/t18-/m0/s1. The number of likely N-dealkylation sites (N-methyl/N-ethyl adjacent to an activating group) is 1. The van der Waals surface area contributed by atoms with Gasteiger partial charge in [-0.2, -0.15) is 9.49 Å². The van der Waals surface area contributed by atoms with Crippen LogP contribution < -0.4 is 21.5 Å². The number of carbonyl (C=O) groups excluding carboxylic acids is 2. The first-order valence-electron chi connectivity index (χ1n) is 15.3. The monoisotopic (exact) mass is 704 g/mol. The maximum Gasteiger partial charge on any atom is 0.264 e. The molecular formula is C33H31ClF2N10O4. The van der Waals surface area contributed by atoms with E-state index in [4.69, 9.17) is 17.3 Å². The number of rotatable bonds is 7. The first kappa shape index (κ1) is 34.1. The van der Waals surface area contributed by atoms with E-state index >= 15 is 4.39 Å². The molecule has 1 aliphatic rings. The second kappa shape index (κ2) is 13.6. The lowest BCUT2D eigenvalue weighted by atomic mass is 10.0. The summed E-state index contributed by atoms with van der Waals surface area (Å²) in [6.07, 6.45) is 7.13. The largest absolute Gasteiger partial charge is 0.504 e. The normalized spacial score (nSPS) is 14.8. The molecule has 1 saturated heterocycles. The van der Waals surface area contributed by atoms with Crippen LogP contribution in [0.4, 0.5) is 20.3 Å². The number of pyridine rings is 1. The van der Waals surface area contributed by atoms with Gasteiger partial charge in [0.05, 0.1) is 46.2 Å². The Bertz CT molecular complexity index is 2290. The van der Waals surface area contributed by atoms with Crippen molar-refractivity contribution >= 4 is 46.0 Å². The molecule has 258 valence electrons. The summed E-state index contributed by atoms with van der Waals surface area (Å²) >= 11 is 6.41. The van der Waals surface area contributed by atoms with Crippen LogP contribution in [0.1, 0.15) is 22.8 Å². The van der Waals surface area contributed by atoms with Crippen molar-refractivity contribution in [2.75, 3.05) is 36.9 Å². The Morgan fingerprint density at radius 2 is 1.88 bits per heavy atom. The molecule has 2 amide bonds. The number of halogens is 3. The number of carbonyl (C=O) groups is 2. The number of nitrogens with zero attached hydrogens (tertiary/aromatic N) is 8. The minimum atomic E-state index is -1.74. The van der Waals surface area contributed by atoms with E-state index in [1.807, 2.05) is 7.05 Å². The number of nitrogens with one attached hydrogen (secondary N) is 1. The third-order valence-electron chi connectivity index (χ3n) is 8.32. The molecule has 50 heavy (non-hydrogen) atoms. The van der Waals surface area contributed by atoms with Gasteiger partial charge in [-0.15, -0.1) is 0 Å². The first-order valence-corrected chi connectivity index (χ1v) is 15.7. The Morgan fingerprint density at radius 3 is 2.58 bits per heavy atom. The molecule has 0 aliphatic carbocycles. The third kappa shape index (κ3) is 6.60. The van der Waals surface area contributed by atoms with Crippen molar-refractivity contribution in [3.63, 3.8) is 0 Å². The summed E-state index contributed by atoms with van der Waals surface area (Å²) in [5.41, 5.74) is 4.01. The SMILES string of the molecule is C[C@H]1CN(C)CCN1c1cc(NC(=O)Cn2cc(-c3cc(C(N)=O)c(O)c(F)c3F)c3c(=O)n(CC#Cc4cnn(C)c4)cnc32)c(Cl)cn1. The molecule has 0 saturated carbocycles. The fourth-order valence-corrected chi connectivity index (χ4v) is 6.02. The van der Waals surface area contributed by atoms with E-state index in [-0.39, 0.29) is 34.2 Å². The highest BCUT2D eigenvalue weighted by atomic mass is 35.5. The lowest BCUT2D eigenvalue weighted by Crippen LogP contribution is -2.50. The first-order chi connectivity index (χ1) is 23.8. The van der Waals surface area contributed by atoms with Gasteiger partial charge in [-0.05, 0) is 20.0 Å².